The van der Waals surface area contributed by atoms with Crippen LogP contribution in [0, 0.1) is 0 Å². The molecule has 0 spiro atoms. The van der Waals surface area contributed by atoms with Crippen molar-refractivity contribution in [2.24, 2.45) is 0 Å². The summed E-state index contributed by atoms with van der Waals surface area (Å²) in [7, 11) is 0. The molecule has 0 saturated heterocycles. The Morgan fingerprint density at radius 2 is 2.16 bits per heavy atom. The van der Waals surface area contributed by atoms with Crippen molar-refractivity contribution in [1.29, 1.82) is 0 Å². The lowest BCUT2D eigenvalue weighted by Gasteiger charge is -2.01. The van der Waals surface area contributed by atoms with E-state index >= 15 is 0 Å². The Morgan fingerprint density at radius 1 is 1.26 bits per heavy atom. The molecular weight excluding hydrogens is 242 g/mol. The SMILES string of the molecule is O=C(Cc1c[nH]c2ccccc12)Nc1nccnn1. The predicted octanol–water partition coefficient (Wildman–Crippen LogP) is 1.53. The van der Waals surface area contributed by atoms with Gasteiger partial charge in [-0.1, -0.05) is 18.2 Å². The second kappa shape index (κ2) is 4.85. The molecule has 0 bridgehead atoms. The van der Waals surface area contributed by atoms with Gasteiger partial charge in [0.15, 0.2) is 0 Å². The van der Waals surface area contributed by atoms with Crippen molar-refractivity contribution < 1.29 is 4.79 Å². The molecule has 0 saturated carbocycles. The Kier molecular flexibility index (Phi) is 2.89. The van der Waals surface area contributed by atoms with E-state index in [0.29, 0.717) is 0 Å². The lowest BCUT2D eigenvalue weighted by atomic mass is 10.1. The number of amides is 1. The van der Waals surface area contributed by atoms with E-state index in [4.69, 9.17) is 0 Å². The molecule has 2 heterocycles. The number of rotatable bonds is 3. The minimum atomic E-state index is -0.169. The zero-order chi connectivity index (χ0) is 13.1. The number of aromatic nitrogens is 4. The van der Waals surface area contributed by atoms with Gasteiger partial charge in [0.25, 0.3) is 0 Å². The molecule has 94 valence electrons. The Bertz CT molecular complexity index is 707. The topological polar surface area (TPSA) is 83.6 Å². The summed E-state index contributed by atoms with van der Waals surface area (Å²) in [5.41, 5.74) is 1.96. The van der Waals surface area contributed by atoms with Gasteiger partial charge in [-0.3, -0.25) is 10.1 Å². The van der Waals surface area contributed by atoms with Crippen LogP contribution in [0.3, 0.4) is 0 Å². The number of carbonyl (C=O) groups excluding carboxylic acids is 1. The van der Waals surface area contributed by atoms with E-state index < -0.39 is 0 Å². The van der Waals surface area contributed by atoms with Crippen LogP contribution in [-0.2, 0) is 11.2 Å². The number of benzene rings is 1. The van der Waals surface area contributed by atoms with Gasteiger partial charge >= 0.3 is 0 Å². The fraction of sp³-hybridized carbons (Fsp3) is 0.0769. The van der Waals surface area contributed by atoms with Crippen LogP contribution in [0.4, 0.5) is 5.95 Å². The van der Waals surface area contributed by atoms with Crippen LogP contribution in [-0.4, -0.2) is 26.1 Å². The van der Waals surface area contributed by atoms with Crippen LogP contribution in [0.15, 0.2) is 42.9 Å². The van der Waals surface area contributed by atoms with Crippen LogP contribution in [0.25, 0.3) is 10.9 Å². The largest absolute Gasteiger partial charge is 0.361 e. The molecule has 0 unspecified atom stereocenters. The molecule has 19 heavy (non-hydrogen) atoms. The average Bonchev–Trinajstić information content (AvgIpc) is 2.83. The van der Waals surface area contributed by atoms with Gasteiger partial charge in [0.2, 0.25) is 11.9 Å². The quantitative estimate of drug-likeness (QED) is 0.741. The molecule has 3 aromatic rings. The Hall–Kier alpha value is -2.76. The zero-order valence-corrected chi connectivity index (χ0v) is 10.00. The third-order valence-corrected chi connectivity index (χ3v) is 2.76. The smallest absolute Gasteiger partial charge is 0.249 e. The summed E-state index contributed by atoms with van der Waals surface area (Å²) in [5.74, 6) is 0.0464. The number of nitrogens with one attached hydrogen (secondary N) is 2. The maximum absolute atomic E-state index is 11.9. The molecular formula is C13H11N5O. The fourth-order valence-corrected chi connectivity index (χ4v) is 1.92. The van der Waals surface area contributed by atoms with Gasteiger partial charge < -0.3 is 4.98 Å². The van der Waals surface area contributed by atoms with Gasteiger partial charge in [-0.15, -0.1) is 5.10 Å². The number of H-pyrrole nitrogens is 1. The molecule has 0 aliphatic rings. The first-order valence-corrected chi connectivity index (χ1v) is 5.81. The van der Waals surface area contributed by atoms with Crippen LogP contribution < -0.4 is 5.32 Å². The van der Waals surface area contributed by atoms with Crippen LogP contribution in [0.5, 0.6) is 0 Å². The Morgan fingerprint density at radius 3 is 3.00 bits per heavy atom. The third kappa shape index (κ3) is 2.42. The highest BCUT2D eigenvalue weighted by atomic mass is 16.1. The maximum atomic E-state index is 11.9. The van der Waals surface area contributed by atoms with Gasteiger partial charge in [0.1, 0.15) is 0 Å². The van der Waals surface area contributed by atoms with E-state index in [0.717, 1.165) is 16.5 Å². The van der Waals surface area contributed by atoms with Gasteiger partial charge in [0.05, 0.1) is 18.8 Å². The van der Waals surface area contributed by atoms with Crippen molar-refractivity contribution in [3.8, 4) is 0 Å². The van der Waals surface area contributed by atoms with Gasteiger partial charge in [0, 0.05) is 17.1 Å². The summed E-state index contributed by atoms with van der Waals surface area (Å²) in [5, 5.41) is 11.0. The van der Waals surface area contributed by atoms with E-state index in [1.165, 1.54) is 12.4 Å². The van der Waals surface area contributed by atoms with Gasteiger partial charge in [-0.2, -0.15) is 5.10 Å². The number of aromatic amines is 1. The molecule has 0 fully saturated rings. The highest BCUT2D eigenvalue weighted by molar-refractivity contribution is 5.94. The van der Waals surface area contributed by atoms with Crippen LogP contribution in [0.2, 0.25) is 0 Å². The highest BCUT2D eigenvalue weighted by Gasteiger charge is 2.09. The molecule has 1 amide bonds. The number of hydrogen-bond acceptors (Lipinski definition) is 4. The predicted molar refractivity (Wildman–Crippen MR) is 70.5 cm³/mol. The first kappa shape index (κ1) is 11.3. The van der Waals surface area contributed by atoms with Crippen molar-refractivity contribution in [1.82, 2.24) is 20.2 Å². The number of para-hydroxylation sites is 1. The van der Waals surface area contributed by atoms with Crippen molar-refractivity contribution >= 4 is 22.8 Å². The molecule has 0 aliphatic carbocycles. The average molecular weight is 253 g/mol. The standard InChI is InChI=1S/C13H11N5O/c19-12(17-13-14-5-6-16-18-13)7-9-8-15-11-4-2-1-3-10(9)11/h1-6,8,15H,7H2,(H,14,17,18,19). The normalized spacial score (nSPS) is 10.5. The third-order valence-electron chi connectivity index (χ3n) is 2.76. The summed E-state index contributed by atoms with van der Waals surface area (Å²) in [6.07, 6.45) is 5.04. The first-order chi connectivity index (χ1) is 9.33. The second-order valence-corrected chi connectivity index (χ2v) is 4.05. The summed E-state index contributed by atoms with van der Waals surface area (Å²) in [6.45, 7) is 0. The molecule has 1 aromatic carbocycles. The molecule has 2 aromatic heterocycles. The summed E-state index contributed by atoms with van der Waals surface area (Å²) >= 11 is 0. The zero-order valence-electron chi connectivity index (χ0n) is 10.00. The summed E-state index contributed by atoms with van der Waals surface area (Å²) in [6, 6.07) is 7.85. The van der Waals surface area contributed by atoms with Crippen LogP contribution in [0.1, 0.15) is 5.56 Å². The van der Waals surface area contributed by atoms with Crippen molar-refractivity contribution in [3.05, 3.63) is 48.4 Å². The fourth-order valence-electron chi connectivity index (χ4n) is 1.92. The number of hydrogen-bond donors (Lipinski definition) is 2. The number of nitrogens with zero attached hydrogens (tertiary/aromatic N) is 3. The number of fused-ring (bicyclic) bond motifs is 1. The number of carbonyl (C=O) groups is 1. The van der Waals surface area contributed by atoms with E-state index in [2.05, 4.69) is 25.5 Å². The molecule has 3 rings (SSSR count). The number of anilines is 1. The molecule has 0 atom stereocenters. The Balaban J connectivity index is 1.76. The molecule has 6 nitrogen and oxygen atoms in total. The van der Waals surface area contributed by atoms with Gasteiger partial charge in [-0.05, 0) is 11.6 Å². The Labute approximate surface area is 108 Å². The lowest BCUT2D eigenvalue weighted by Crippen LogP contribution is -2.16. The van der Waals surface area contributed by atoms with E-state index in [-0.39, 0.29) is 18.3 Å². The van der Waals surface area contributed by atoms with Crippen molar-refractivity contribution in [2.45, 2.75) is 6.42 Å². The highest BCUT2D eigenvalue weighted by Crippen LogP contribution is 2.18. The van der Waals surface area contributed by atoms with E-state index in [9.17, 15) is 4.79 Å². The van der Waals surface area contributed by atoms with Crippen LogP contribution >= 0.6 is 0 Å². The molecule has 6 heteroatoms. The minimum Gasteiger partial charge on any atom is -0.361 e. The maximum Gasteiger partial charge on any atom is 0.249 e. The van der Waals surface area contributed by atoms with Crippen molar-refractivity contribution in [2.75, 3.05) is 5.32 Å². The summed E-state index contributed by atoms with van der Waals surface area (Å²) < 4.78 is 0. The van der Waals surface area contributed by atoms with E-state index in [1.807, 2.05) is 30.5 Å². The lowest BCUT2D eigenvalue weighted by molar-refractivity contribution is -0.115. The van der Waals surface area contributed by atoms with Gasteiger partial charge in [-0.25, -0.2) is 4.98 Å². The van der Waals surface area contributed by atoms with Crippen molar-refractivity contribution in [3.63, 3.8) is 0 Å². The minimum absolute atomic E-state index is 0.169. The monoisotopic (exact) mass is 253 g/mol. The second-order valence-electron chi connectivity index (χ2n) is 4.05. The molecule has 0 aliphatic heterocycles. The summed E-state index contributed by atoms with van der Waals surface area (Å²) in [4.78, 5) is 18.9. The molecule has 0 radical (unpaired) electrons. The van der Waals surface area contributed by atoms with E-state index in [1.54, 1.807) is 0 Å². The first-order valence-electron chi connectivity index (χ1n) is 5.81. The molecule has 2 N–H and O–H groups in total.